The van der Waals surface area contributed by atoms with Crippen LogP contribution in [0.5, 0.6) is 0 Å². The number of piperidine rings is 1. The van der Waals surface area contributed by atoms with Gasteiger partial charge in [0.2, 0.25) is 5.91 Å². The SMILES string of the molecule is CCC(CNC)C(=O)N(C)CCC1CCCN(C)C1. The van der Waals surface area contributed by atoms with E-state index in [0.29, 0.717) is 5.91 Å². The molecule has 1 amide bonds. The minimum Gasteiger partial charge on any atom is -0.345 e. The Kier molecular flexibility index (Phi) is 7.39. The van der Waals surface area contributed by atoms with Gasteiger partial charge in [0.25, 0.3) is 0 Å². The van der Waals surface area contributed by atoms with Gasteiger partial charge < -0.3 is 15.1 Å². The molecular weight excluding hydrogens is 238 g/mol. The van der Waals surface area contributed by atoms with Gasteiger partial charge in [0, 0.05) is 26.7 Å². The number of nitrogens with zero attached hydrogens (tertiary/aromatic N) is 2. The van der Waals surface area contributed by atoms with E-state index in [2.05, 4.69) is 24.2 Å². The van der Waals surface area contributed by atoms with E-state index in [1.165, 1.54) is 25.9 Å². The number of carbonyl (C=O) groups excluding carboxylic acids is 1. The maximum atomic E-state index is 12.3. The average Bonchev–Trinajstić information content (AvgIpc) is 2.41. The third-order valence-electron chi connectivity index (χ3n) is 4.26. The number of likely N-dealkylation sites (tertiary alicyclic amines) is 1. The van der Waals surface area contributed by atoms with Gasteiger partial charge in [0.05, 0.1) is 5.92 Å². The van der Waals surface area contributed by atoms with Gasteiger partial charge in [-0.25, -0.2) is 0 Å². The average molecular weight is 269 g/mol. The largest absolute Gasteiger partial charge is 0.345 e. The first-order valence-corrected chi connectivity index (χ1v) is 7.66. The molecule has 1 saturated heterocycles. The molecule has 0 aromatic carbocycles. The lowest BCUT2D eigenvalue weighted by Crippen LogP contribution is -2.39. The van der Waals surface area contributed by atoms with Crippen molar-refractivity contribution in [3.05, 3.63) is 0 Å². The number of nitrogens with one attached hydrogen (secondary N) is 1. The summed E-state index contributed by atoms with van der Waals surface area (Å²) in [7, 11) is 6.06. The lowest BCUT2D eigenvalue weighted by Gasteiger charge is -2.31. The van der Waals surface area contributed by atoms with Crippen LogP contribution in [0.2, 0.25) is 0 Å². The first-order chi connectivity index (χ1) is 9.08. The fraction of sp³-hybridized carbons (Fsp3) is 0.933. The van der Waals surface area contributed by atoms with E-state index in [9.17, 15) is 4.79 Å². The molecule has 1 rings (SSSR count). The summed E-state index contributed by atoms with van der Waals surface area (Å²) >= 11 is 0. The van der Waals surface area contributed by atoms with Gasteiger partial charge in [-0.1, -0.05) is 6.92 Å². The maximum absolute atomic E-state index is 12.3. The Balaban J connectivity index is 2.32. The number of amides is 1. The van der Waals surface area contributed by atoms with Crippen molar-refractivity contribution in [1.29, 1.82) is 0 Å². The molecule has 1 heterocycles. The third kappa shape index (κ3) is 5.49. The standard InChI is InChI=1S/C15H31N3O/c1-5-14(11-16-2)15(19)18(4)10-8-13-7-6-9-17(3)12-13/h13-14,16H,5-12H2,1-4H3. The second kappa shape index (κ2) is 8.54. The predicted molar refractivity (Wildman–Crippen MR) is 80.2 cm³/mol. The molecule has 0 aromatic heterocycles. The Morgan fingerprint density at radius 3 is 2.84 bits per heavy atom. The van der Waals surface area contributed by atoms with Crippen LogP contribution in [0.15, 0.2) is 0 Å². The highest BCUT2D eigenvalue weighted by Gasteiger charge is 2.22. The van der Waals surface area contributed by atoms with Gasteiger partial charge in [-0.05, 0) is 52.2 Å². The predicted octanol–water partition coefficient (Wildman–Crippen LogP) is 1.42. The van der Waals surface area contributed by atoms with Gasteiger partial charge in [-0.2, -0.15) is 0 Å². The molecule has 1 aliphatic rings. The number of carbonyl (C=O) groups is 1. The minimum absolute atomic E-state index is 0.129. The fourth-order valence-electron chi connectivity index (χ4n) is 2.96. The summed E-state index contributed by atoms with van der Waals surface area (Å²) in [6.45, 7) is 6.19. The first kappa shape index (κ1) is 16.4. The minimum atomic E-state index is 0.129. The number of hydrogen-bond acceptors (Lipinski definition) is 3. The van der Waals surface area contributed by atoms with Crippen LogP contribution in [-0.4, -0.2) is 63.0 Å². The highest BCUT2D eigenvalue weighted by Crippen LogP contribution is 2.19. The molecule has 112 valence electrons. The zero-order chi connectivity index (χ0) is 14.3. The van der Waals surface area contributed by atoms with Crippen molar-refractivity contribution >= 4 is 5.91 Å². The van der Waals surface area contributed by atoms with E-state index in [1.54, 1.807) is 0 Å². The van der Waals surface area contributed by atoms with Crippen LogP contribution >= 0.6 is 0 Å². The molecule has 2 unspecified atom stereocenters. The molecule has 0 spiro atoms. The van der Waals surface area contributed by atoms with Crippen molar-refractivity contribution in [3.8, 4) is 0 Å². The zero-order valence-electron chi connectivity index (χ0n) is 13.1. The second-order valence-electron chi connectivity index (χ2n) is 5.98. The van der Waals surface area contributed by atoms with Crippen LogP contribution in [-0.2, 0) is 4.79 Å². The molecule has 1 N–H and O–H groups in total. The van der Waals surface area contributed by atoms with Gasteiger partial charge >= 0.3 is 0 Å². The first-order valence-electron chi connectivity index (χ1n) is 7.66. The van der Waals surface area contributed by atoms with Crippen molar-refractivity contribution in [2.75, 3.05) is 47.3 Å². The van der Waals surface area contributed by atoms with Crippen molar-refractivity contribution in [2.45, 2.75) is 32.6 Å². The van der Waals surface area contributed by atoms with Crippen LogP contribution in [0.25, 0.3) is 0 Å². The van der Waals surface area contributed by atoms with E-state index >= 15 is 0 Å². The van der Waals surface area contributed by atoms with Crippen LogP contribution in [0.3, 0.4) is 0 Å². The quantitative estimate of drug-likeness (QED) is 0.759. The molecule has 2 atom stereocenters. The Labute approximate surface area is 118 Å². The summed E-state index contributed by atoms with van der Waals surface area (Å²) in [6.07, 6.45) is 4.68. The summed E-state index contributed by atoms with van der Waals surface area (Å²) in [6, 6.07) is 0. The Bertz CT molecular complexity index is 270. The number of rotatable bonds is 7. The van der Waals surface area contributed by atoms with Crippen molar-refractivity contribution in [1.82, 2.24) is 15.1 Å². The topological polar surface area (TPSA) is 35.6 Å². The van der Waals surface area contributed by atoms with E-state index in [1.807, 2.05) is 19.0 Å². The molecule has 0 radical (unpaired) electrons. The summed E-state index contributed by atoms with van der Waals surface area (Å²) in [5.41, 5.74) is 0. The third-order valence-corrected chi connectivity index (χ3v) is 4.26. The van der Waals surface area contributed by atoms with E-state index in [4.69, 9.17) is 0 Å². The molecule has 0 bridgehead atoms. The van der Waals surface area contributed by atoms with Crippen LogP contribution in [0.1, 0.15) is 32.6 Å². The van der Waals surface area contributed by atoms with Crippen LogP contribution in [0, 0.1) is 11.8 Å². The van der Waals surface area contributed by atoms with Gasteiger partial charge in [-0.15, -0.1) is 0 Å². The second-order valence-corrected chi connectivity index (χ2v) is 5.98. The summed E-state index contributed by atoms with van der Waals surface area (Å²) in [4.78, 5) is 16.6. The molecule has 4 heteroatoms. The van der Waals surface area contributed by atoms with E-state index in [0.717, 1.165) is 31.8 Å². The maximum Gasteiger partial charge on any atom is 0.226 e. The molecule has 0 aliphatic carbocycles. The molecule has 0 saturated carbocycles. The monoisotopic (exact) mass is 269 g/mol. The van der Waals surface area contributed by atoms with Crippen LogP contribution < -0.4 is 5.32 Å². The van der Waals surface area contributed by atoms with Crippen molar-refractivity contribution < 1.29 is 4.79 Å². The van der Waals surface area contributed by atoms with E-state index < -0.39 is 0 Å². The normalized spacial score (nSPS) is 22.2. The van der Waals surface area contributed by atoms with Gasteiger partial charge in [0.1, 0.15) is 0 Å². The molecular formula is C15H31N3O. The summed E-state index contributed by atoms with van der Waals surface area (Å²) in [5, 5.41) is 3.11. The van der Waals surface area contributed by atoms with Crippen molar-refractivity contribution in [3.63, 3.8) is 0 Å². The molecule has 4 nitrogen and oxygen atoms in total. The van der Waals surface area contributed by atoms with Crippen LogP contribution in [0.4, 0.5) is 0 Å². The zero-order valence-corrected chi connectivity index (χ0v) is 13.1. The molecule has 1 fully saturated rings. The molecule has 1 aliphatic heterocycles. The van der Waals surface area contributed by atoms with E-state index in [-0.39, 0.29) is 5.92 Å². The Morgan fingerprint density at radius 2 is 2.26 bits per heavy atom. The smallest absolute Gasteiger partial charge is 0.226 e. The van der Waals surface area contributed by atoms with Crippen molar-refractivity contribution in [2.24, 2.45) is 11.8 Å². The lowest BCUT2D eigenvalue weighted by atomic mass is 9.95. The summed E-state index contributed by atoms with van der Waals surface area (Å²) in [5.74, 6) is 1.18. The Morgan fingerprint density at radius 1 is 1.53 bits per heavy atom. The lowest BCUT2D eigenvalue weighted by molar-refractivity contribution is -0.134. The Hall–Kier alpha value is -0.610. The highest BCUT2D eigenvalue weighted by atomic mass is 16.2. The molecule has 0 aromatic rings. The number of hydrogen-bond donors (Lipinski definition) is 1. The fourth-order valence-corrected chi connectivity index (χ4v) is 2.96. The molecule has 19 heavy (non-hydrogen) atoms. The van der Waals surface area contributed by atoms with Gasteiger partial charge in [-0.3, -0.25) is 4.79 Å². The van der Waals surface area contributed by atoms with Gasteiger partial charge in [0.15, 0.2) is 0 Å². The summed E-state index contributed by atoms with van der Waals surface area (Å²) < 4.78 is 0. The highest BCUT2D eigenvalue weighted by molar-refractivity contribution is 5.78.